The van der Waals surface area contributed by atoms with Crippen LogP contribution in [0.5, 0.6) is 0 Å². The van der Waals surface area contributed by atoms with E-state index in [1.807, 2.05) is 0 Å². The highest BCUT2D eigenvalue weighted by atomic mass is 15.0. The lowest BCUT2D eigenvalue weighted by Gasteiger charge is -2.60. The van der Waals surface area contributed by atoms with Crippen molar-refractivity contribution in [1.29, 1.82) is 0 Å². The van der Waals surface area contributed by atoms with Gasteiger partial charge in [0.2, 0.25) is 0 Å². The summed E-state index contributed by atoms with van der Waals surface area (Å²) in [5.74, 6) is 5.87. The minimum Gasteiger partial charge on any atom is -0.315 e. The fourth-order valence-electron chi connectivity index (χ4n) is 7.32. The molecule has 4 bridgehead atoms. The van der Waals surface area contributed by atoms with Gasteiger partial charge in [-0.25, -0.2) is 0 Å². The van der Waals surface area contributed by atoms with Crippen LogP contribution in [-0.4, -0.2) is 25.7 Å². The van der Waals surface area contributed by atoms with Crippen LogP contribution in [-0.2, 0) is 0 Å². The van der Waals surface area contributed by atoms with Gasteiger partial charge in [0.05, 0.1) is 0 Å². The minimum atomic E-state index is 0.603. The highest BCUT2D eigenvalue weighted by Gasteiger charge is 2.54. The number of fused-ring (bicyclic) bond motifs is 4. The molecule has 6 fully saturated rings. The number of hydrogen-bond acceptors (Lipinski definition) is 2. The second-order valence-corrected chi connectivity index (χ2v) is 11.4. The minimum absolute atomic E-state index is 0.603. The van der Waals surface area contributed by atoms with E-state index in [0.29, 0.717) is 16.9 Å². The third kappa shape index (κ3) is 3.10. The van der Waals surface area contributed by atoms with E-state index >= 15 is 0 Å². The van der Waals surface area contributed by atoms with Gasteiger partial charge >= 0.3 is 0 Å². The first-order chi connectivity index (χ1) is 11.8. The fourth-order valence-corrected chi connectivity index (χ4v) is 7.32. The molecule has 25 heavy (non-hydrogen) atoms. The van der Waals surface area contributed by atoms with E-state index in [2.05, 4.69) is 45.3 Å². The Labute approximate surface area is 156 Å². The smallest absolute Gasteiger partial charge is 0.0164 e. The van der Waals surface area contributed by atoms with Gasteiger partial charge in [-0.15, -0.1) is 0 Å². The first-order valence-electron chi connectivity index (χ1n) is 11.2. The molecule has 6 aliphatic carbocycles. The highest BCUT2D eigenvalue weighted by Crippen LogP contribution is 2.62. The normalized spacial score (nSPS) is 44.5. The van der Waals surface area contributed by atoms with Gasteiger partial charge in [0.1, 0.15) is 0 Å². The molecule has 0 radical (unpaired) electrons. The largest absolute Gasteiger partial charge is 0.315 e. The zero-order valence-electron chi connectivity index (χ0n) is 17.4. The third-order valence-corrected chi connectivity index (χ3v) is 9.59. The predicted molar refractivity (Wildman–Crippen MR) is 107 cm³/mol. The van der Waals surface area contributed by atoms with Gasteiger partial charge in [-0.1, -0.05) is 27.7 Å². The molecule has 0 aromatic carbocycles. The molecule has 2 N–H and O–H groups in total. The standard InChI is InChI=1S/C23H42N2/c1-15(25-14-17-7-9-19-11-21(17)23(19,4)5)12-24-13-16-6-8-18-10-20(16)22(18,2)3/h15-21,24-25H,6-14H2,1-5H3/t15?,16-,17-,18-,19-,20-,21-/m0/s1. The van der Waals surface area contributed by atoms with Gasteiger partial charge in [-0.3, -0.25) is 0 Å². The van der Waals surface area contributed by atoms with Crippen molar-refractivity contribution in [3.8, 4) is 0 Å². The van der Waals surface area contributed by atoms with Crippen LogP contribution in [0.1, 0.15) is 73.1 Å². The van der Waals surface area contributed by atoms with E-state index in [9.17, 15) is 0 Å². The Bertz CT molecular complexity index is 478. The molecule has 0 aromatic rings. The highest BCUT2D eigenvalue weighted by molar-refractivity contribution is 5.04. The van der Waals surface area contributed by atoms with E-state index in [1.54, 1.807) is 0 Å². The maximum Gasteiger partial charge on any atom is 0.0164 e. The van der Waals surface area contributed by atoms with Crippen molar-refractivity contribution >= 4 is 0 Å². The molecule has 6 saturated carbocycles. The molecule has 0 heterocycles. The Hall–Kier alpha value is -0.0800. The summed E-state index contributed by atoms with van der Waals surface area (Å²) in [5.41, 5.74) is 1.25. The lowest BCUT2D eigenvalue weighted by molar-refractivity contribution is -0.104. The molecule has 1 unspecified atom stereocenters. The maximum absolute atomic E-state index is 3.86. The van der Waals surface area contributed by atoms with Crippen molar-refractivity contribution in [1.82, 2.24) is 10.6 Å². The van der Waals surface area contributed by atoms with Crippen molar-refractivity contribution in [3.05, 3.63) is 0 Å². The first kappa shape index (κ1) is 18.3. The molecule has 6 rings (SSSR count). The SMILES string of the molecule is CC(CNC[C@@H]1CC[C@H]2C[C@@H]1C2(C)C)NC[C@@H]1CC[C@H]2C[C@@H]1C2(C)C. The van der Waals surface area contributed by atoms with Gasteiger partial charge in [-0.2, -0.15) is 0 Å². The molecule has 2 nitrogen and oxygen atoms in total. The van der Waals surface area contributed by atoms with Crippen molar-refractivity contribution in [2.24, 2.45) is 46.3 Å². The zero-order valence-corrected chi connectivity index (χ0v) is 17.4. The van der Waals surface area contributed by atoms with E-state index in [4.69, 9.17) is 0 Å². The molecule has 2 heteroatoms. The van der Waals surface area contributed by atoms with Gasteiger partial charge in [0.15, 0.2) is 0 Å². The second kappa shape index (κ2) is 6.51. The van der Waals surface area contributed by atoms with Crippen LogP contribution < -0.4 is 10.6 Å². The molecule has 0 aromatic heterocycles. The van der Waals surface area contributed by atoms with Crippen LogP contribution in [0.2, 0.25) is 0 Å². The van der Waals surface area contributed by atoms with Crippen LogP contribution in [0.25, 0.3) is 0 Å². The lowest BCUT2D eigenvalue weighted by Crippen LogP contribution is -2.55. The summed E-state index contributed by atoms with van der Waals surface area (Å²) >= 11 is 0. The first-order valence-corrected chi connectivity index (χ1v) is 11.2. The van der Waals surface area contributed by atoms with Gasteiger partial charge < -0.3 is 10.6 Å². The zero-order chi connectivity index (χ0) is 17.8. The summed E-state index contributed by atoms with van der Waals surface area (Å²) in [6.07, 6.45) is 8.89. The third-order valence-electron chi connectivity index (χ3n) is 9.59. The van der Waals surface area contributed by atoms with E-state index < -0.39 is 0 Å². The summed E-state index contributed by atoms with van der Waals surface area (Å²) in [4.78, 5) is 0. The van der Waals surface area contributed by atoms with Crippen molar-refractivity contribution in [2.45, 2.75) is 79.2 Å². The Morgan fingerprint density at radius 3 is 1.80 bits per heavy atom. The predicted octanol–water partition coefficient (Wildman–Crippen LogP) is 4.70. The maximum atomic E-state index is 3.86. The number of nitrogens with one attached hydrogen (secondary N) is 2. The topological polar surface area (TPSA) is 24.1 Å². The average Bonchev–Trinajstić information content (AvgIpc) is 2.60. The molecular weight excluding hydrogens is 304 g/mol. The van der Waals surface area contributed by atoms with Crippen LogP contribution in [0.4, 0.5) is 0 Å². The number of hydrogen-bond donors (Lipinski definition) is 2. The van der Waals surface area contributed by atoms with E-state index in [-0.39, 0.29) is 0 Å². The van der Waals surface area contributed by atoms with Crippen LogP contribution >= 0.6 is 0 Å². The lowest BCUT2D eigenvalue weighted by atomic mass is 9.45. The molecular formula is C23H42N2. The van der Waals surface area contributed by atoms with Gasteiger partial charge in [0.25, 0.3) is 0 Å². The quantitative estimate of drug-likeness (QED) is 0.698. The summed E-state index contributed by atoms with van der Waals surface area (Å²) < 4.78 is 0. The molecule has 0 amide bonds. The van der Waals surface area contributed by atoms with Gasteiger partial charge in [-0.05, 0) is 105 Å². The van der Waals surface area contributed by atoms with Crippen molar-refractivity contribution in [2.75, 3.05) is 19.6 Å². The Morgan fingerprint density at radius 1 is 0.800 bits per heavy atom. The molecule has 144 valence electrons. The van der Waals surface area contributed by atoms with Crippen molar-refractivity contribution < 1.29 is 0 Å². The average molecular weight is 347 g/mol. The Kier molecular flexibility index (Phi) is 4.77. The monoisotopic (exact) mass is 346 g/mol. The summed E-state index contributed by atoms with van der Waals surface area (Å²) in [6.45, 7) is 16.0. The molecule has 0 spiro atoms. The van der Waals surface area contributed by atoms with Crippen LogP contribution in [0.15, 0.2) is 0 Å². The summed E-state index contributed by atoms with van der Waals surface area (Å²) in [7, 11) is 0. The second-order valence-electron chi connectivity index (χ2n) is 11.4. The van der Waals surface area contributed by atoms with Gasteiger partial charge in [0, 0.05) is 12.6 Å². The fraction of sp³-hybridized carbons (Fsp3) is 1.00. The van der Waals surface area contributed by atoms with E-state index in [0.717, 1.165) is 42.1 Å². The molecule has 0 saturated heterocycles. The molecule has 0 aliphatic heterocycles. The van der Waals surface area contributed by atoms with Crippen LogP contribution in [0.3, 0.4) is 0 Å². The Balaban J connectivity index is 1.15. The van der Waals surface area contributed by atoms with Crippen LogP contribution in [0, 0.1) is 46.3 Å². The Morgan fingerprint density at radius 2 is 1.32 bits per heavy atom. The molecule has 6 aliphatic rings. The van der Waals surface area contributed by atoms with E-state index in [1.165, 1.54) is 51.6 Å². The summed E-state index contributed by atoms with van der Waals surface area (Å²) in [6, 6.07) is 0.603. The molecule has 7 atom stereocenters. The van der Waals surface area contributed by atoms with Crippen molar-refractivity contribution in [3.63, 3.8) is 0 Å². The number of rotatable bonds is 7. The summed E-state index contributed by atoms with van der Waals surface area (Å²) in [5, 5.41) is 7.67.